The predicted octanol–water partition coefficient (Wildman–Crippen LogP) is 3.95. The van der Waals surface area contributed by atoms with E-state index in [1.807, 2.05) is 24.3 Å². The van der Waals surface area contributed by atoms with Crippen LogP contribution in [-0.2, 0) is 9.47 Å². The number of pyridine rings is 1. The van der Waals surface area contributed by atoms with Gasteiger partial charge in [-0.3, -0.25) is 0 Å². The number of rotatable bonds is 0. The molecular weight excluding hydrogens is 380 g/mol. The molecule has 1 N–H and O–H groups in total. The largest absolute Gasteiger partial charge is 0.489 e. The zero-order valence-electron chi connectivity index (χ0n) is 17.4. The van der Waals surface area contributed by atoms with Gasteiger partial charge in [-0.05, 0) is 44.0 Å². The summed E-state index contributed by atoms with van der Waals surface area (Å²) in [6, 6.07) is 14.2. The van der Waals surface area contributed by atoms with Gasteiger partial charge in [0.25, 0.3) is 0 Å². The van der Waals surface area contributed by atoms with E-state index in [1.165, 1.54) is 0 Å². The fraction of sp³-hybridized carbons (Fsp3) is 0.458. The monoisotopic (exact) mass is 410 g/mol. The standard InChI is InChI=1S/C24H30N2O4/c1-2-10-25-11-13-28-15-17-30-22-9-5-7-20-18-19-6-4-8-21(23(19)26-24(20)22)29-16-14-27-12-3-1/h4-9,18,25H,1-3,10-17H2. The molecular formula is C24H30N2O4. The van der Waals surface area contributed by atoms with Crippen molar-refractivity contribution in [3.63, 3.8) is 0 Å². The molecule has 160 valence electrons. The van der Waals surface area contributed by atoms with Gasteiger partial charge in [-0.1, -0.05) is 24.3 Å². The van der Waals surface area contributed by atoms with Crippen molar-refractivity contribution in [2.75, 3.05) is 52.7 Å². The number of nitrogens with zero attached hydrogens (tertiary/aromatic N) is 1. The molecule has 3 aromatic rings. The van der Waals surface area contributed by atoms with Crippen LogP contribution in [0.3, 0.4) is 0 Å². The first-order chi connectivity index (χ1) is 14.9. The van der Waals surface area contributed by atoms with Gasteiger partial charge in [0.1, 0.15) is 35.7 Å². The van der Waals surface area contributed by atoms with Gasteiger partial charge in [0.05, 0.1) is 19.8 Å². The molecule has 0 saturated heterocycles. The molecule has 0 spiro atoms. The average Bonchev–Trinajstić information content (AvgIpc) is 2.77. The van der Waals surface area contributed by atoms with E-state index in [1.54, 1.807) is 0 Å². The topological polar surface area (TPSA) is 61.8 Å². The van der Waals surface area contributed by atoms with Gasteiger partial charge in [0, 0.05) is 23.9 Å². The van der Waals surface area contributed by atoms with Crippen LogP contribution in [0.1, 0.15) is 19.3 Å². The van der Waals surface area contributed by atoms with Crippen LogP contribution in [0.5, 0.6) is 11.5 Å². The molecule has 2 bridgehead atoms. The van der Waals surface area contributed by atoms with E-state index < -0.39 is 0 Å². The maximum Gasteiger partial charge on any atom is 0.145 e. The molecule has 0 unspecified atom stereocenters. The van der Waals surface area contributed by atoms with Crippen LogP contribution < -0.4 is 14.8 Å². The summed E-state index contributed by atoms with van der Waals surface area (Å²) in [6.45, 7) is 5.46. The first kappa shape index (κ1) is 20.8. The maximum atomic E-state index is 6.00. The zero-order chi connectivity index (χ0) is 20.4. The Morgan fingerprint density at radius 1 is 0.633 bits per heavy atom. The lowest BCUT2D eigenvalue weighted by molar-refractivity contribution is 0.0971. The number of para-hydroxylation sites is 2. The van der Waals surface area contributed by atoms with Crippen molar-refractivity contribution >= 4 is 21.8 Å². The van der Waals surface area contributed by atoms with Gasteiger partial charge in [0.15, 0.2) is 0 Å². The van der Waals surface area contributed by atoms with E-state index in [2.05, 4.69) is 23.5 Å². The van der Waals surface area contributed by atoms with Crippen LogP contribution >= 0.6 is 0 Å². The summed E-state index contributed by atoms with van der Waals surface area (Å²) in [5.74, 6) is 1.54. The summed E-state index contributed by atoms with van der Waals surface area (Å²) in [6.07, 6.45) is 3.38. The van der Waals surface area contributed by atoms with Crippen LogP contribution in [0.25, 0.3) is 21.8 Å². The zero-order valence-corrected chi connectivity index (χ0v) is 17.4. The highest BCUT2D eigenvalue weighted by atomic mass is 16.5. The lowest BCUT2D eigenvalue weighted by atomic mass is 10.1. The average molecular weight is 411 g/mol. The highest BCUT2D eigenvalue weighted by molar-refractivity contribution is 5.97. The Morgan fingerprint density at radius 3 is 2.00 bits per heavy atom. The Bertz CT molecular complexity index is 874. The Morgan fingerprint density at radius 2 is 1.30 bits per heavy atom. The smallest absolute Gasteiger partial charge is 0.145 e. The molecule has 0 radical (unpaired) electrons. The number of ether oxygens (including phenoxy) is 4. The second-order valence-corrected chi connectivity index (χ2v) is 7.38. The molecule has 0 saturated carbocycles. The van der Waals surface area contributed by atoms with Crippen LogP contribution in [-0.4, -0.2) is 57.7 Å². The molecule has 0 fully saturated rings. The Hall–Kier alpha value is -2.41. The summed E-state index contributed by atoms with van der Waals surface area (Å²) >= 11 is 0. The highest BCUT2D eigenvalue weighted by Gasteiger charge is 2.10. The fourth-order valence-corrected chi connectivity index (χ4v) is 3.59. The third-order valence-corrected chi connectivity index (χ3v) is 5.13. The molecule has 2 aromatic carbocycles. The summed E-state index contributed by atoms with van der Waals surface area (Å²) in [7, 11) is 0. The van der Waals surface area contributed by atoms with E-state index in [0.717, 1.165) is 72.3 Å². The van der Waals surface area contributed by atoms with Gasteiger partial charge in [-0.25, -0.2) is 4.98 Å². The normalized spacial score (nSPS) is 18.0. The lowest BCUT2D eigenvalue weighted by Crippen LogP contribution is -2.22. The minimum atomic E-state index is 0.494. The second kappa shape index (κ2) is 11.1. The predicted molar refractivity (Wildman–Crippen MR) is 119 cm³/mol. The van der Waals surface area contributed by atoms with E-state index >= 15 is 0 Å². The van der Waals surface area contributed by atoms with E-state index in [-0.39, 0.29) is 0 Å². The summed E-state index contributed by atoms with van der Waals surface area (Å²) < 4.78 is 23.4. The Kier molecular flexibility index (Phi) is 7.72. The third kappa shape index (κ3) is 5.59. The second-order valence-electron chi connectivity index (χ2n) is 7.38. The van der Waals surface area contributed by atoms with E-state index in [4.69, 9.17) is 23.9 Å². The van der Waals surface area contributed by atoms with Crippen molar-refractivity contribution < 1.29 is 18.9 Å². The molecule has 30 heavy (non-hydrogen) atoms. The molecule has 1 aromatic heterocycles. The number of hydrogen-bond acceptors (Lipinski definition) is 6. The Balaban J connectivity index is 1.54. The van der Waals surface area contributed by atoms with Gasteiger partial charge in [0.2, 0.25) is 0 Å². The number of hydrogen-bond donors (Lipinski definition) is 1. The molecule has 0 atom stereocenters. The highest BCUT2D eigenvalue weighted by Crippen LogP contribution is 2.31. The molecule has 1 aliphatic rings. The van der Waals surface area contributed by atoms with Crippen LogP contribution in [0.4, 0.5) is 0 Å². The quantitative estimate of drug-likeness (QED) is 0.566. The van der Waals surface area contributed by atoms with Crippen molar-refractivity contribution in [3.05, 3.63) is 42.5 Å². The van der Waals surface area contributed by atoms with Crippen molar-refractivity contribution in [2.24, 2.45) is 0 Å². The SMILES string of the molecule is c1cc2c3nc4c(cccc4cc3c1)OCCOCCNCCCCCOCCO2. The molecule has 0 aliphatic carbocycles. The van der Waals surface area contributed by atoms with Crippen LogP contribution in [0, 0.1) is 0 Å². The number of nitrogens with one attached hydrogen (secondary N) is 1. The summed E-state index contributed by atoms with van der Waals surface area (Å²) in [5.41, 5.74) is 1.68. The molecule has 6 nitrogen and oxygen atoms in total. The minimum Gasteiger partial charge on any atom is -0.489 e. The van der Waals surface area contributed by atoms with Gasteiger partial charge < -0.3 is 24.3 Å². The molecule has 6 heteroatoms. The van der Waals surface area contributed by atoms with Crippen molar-refractivity contribution in [2.45, 2.75) is 19.3 Å². The maximum absolute atomic E-state index is 6.00. The van der Waals surface area contributed by atoms with Crippen LogP contribution in [0.15, 0.2) is 42.5 Å². The number of benzene rings is 2. The van der Waals surface area contributed by atoms with Gasteiger partial charge in [-0.2, -0.15) is 0 Å². The molecule has 4 rings (SSSR count). The molecule has 0 amide bonds. The third-order valence-electron chi connectivity index (χ3n) is 5.13. The first-order valence-electron chi connectivity index (χ1n) is 10.9. The molecule has 1 aliphatic heterocycles. The van der Waals surface area contributed by atoms with Gasteiger partial charge in [-0.15, -0.1) is 0 Å². The molecule has 2 heterocycles. The van der Waals surface area contributed by atoms with Crippen molar-refractivity contribution in [1.29, 1.82) is 0 Å². The first-order valence-corrected chi connectivity index (χ1v) is 10.9. The van der Waals surface area contributed by atoms with Crippen molar-refractivity contribution in [1.82, 2.24) is 10.3 Å². The van der Waals surface area contributed by atoms with Crippen LogP contribution in [0.2, 0.25) is 0 Å². The number of aromatic nitrogens is 1. The minimum absolute atomic E-state index is 0.494. The fourth-order valence-electron chi connectivity index (χ4n) is 3.59. The summed E-state index contributed by atoms with van der Waals surface area (Å²) in [5, 5.41) is 5.50. The van der Waals surface area contributed by atoms with E-state index in [9.17, 15) is 0 Å². The van der Waals surface area contributed by atoms with E-state index in [0.29, 0.717) is 33.0 Å². The Labute approximate surface area is 177 Å². The van der Waals surface area contributed by atoms with Gasteiger partial charge >= 0.3 is 0 Å². The van der Waals surface area contributed by atoms with Crippen molar-refractivity contribution in [3.8, 4) is 11.5 Å². The summed E-state index contributed by atoms with van der Waals surface area (Å²) in [4.78, 5) is 4.90. The lowest BCUT2D eigenvalue weighted by Gasteiger charge is -2.12.